The van der Waals surface area contributed by atoms with E-state index in [-0.39, 0.29) is 18.2 Å². The molecule has 2 N–H and O–H groups in total. The maximum Gasteiger partial charge on any atom is 0.247 e. The van der Waals surface area contributed by atoms with E-state index in [0.29, 0.717) is 11.6 Å². The molecule has 0 unspecified atom stereocenters. The molecule has 2 aromatic carbocycles. The fourth-order valence-corrected chi connectivity index (χ4v) is 2.76. The number of para-hydroxylation sites is 3. The summed E-state index contributed by atoms with van der Waals surface area (Å²) in [5, 5.41) is 5.86. The summed E-state index contributed by atoms with van der Waals surface area (Å²) in [6.07, 6.45) is 0.0893. The second-order valence-corrected chi connectivity index (χ2v) is 5.41. The summed E-state index contributed by atoms with van der Waals surface area (Å²) in [4.78, 5) is 29.2. The van der Waals surface area contributed by atoms with Crippen molar-refractivity contribution in [1.82, 2.24) is 9.55 Å². The molecule has 0 saturated carbocycles. The van der Waals surface area contributed by atoms with Gasteiger partial charge in [0.05, 0.1) is 17.5 Å². The van der Waals surface area contributed by atoms with Crippen LogP contribution in [0.3, 0.4) is 0 Å². The minimum absolute atomic E-state index is 0.0893. The van der Waals surface area contributed by atoms with Gasteiger partial charge in [-0.1, -0.05) is 30.3 Å². The van der Waals surface area contributed by atoms with Crippen LogP contribution in [-0.4, -0.2) is 27.4 Å². The number of carbonyl (C=O) groups excluding carboxylic acids is 2. The molecule has 6 nitrogen and oxygen atoms in total. The lowest BCUT2D eigenvalue weighted by Crippen LogP contribution is -2.42. The first-order valence-corrected chi connectivity index (χ1v) is 7.35. The highest BCUT2D eigenvalue weighted by molar-refractivity contribution is 6.04. The second-order valence-electron chi connectivity index (χ2n) is 5.41. The predicted octanol–water partition coefficient (Wildman–Crippen LogP) is 2.50. The standard InChI is InChI=1S/C17H14N4O2/c22-15-10-13(16(23)18-11-6-2-1-3-7-11)20-17-19-12-8-4-5-9-14(12)21(15)17/h1-9,13H,10H2,(H,18,23)(H,19,20)/t13-/m0/s1. The van der Waals surface area contributed by atoms with Crippen molar-refractivity contribution in [3.05, 3.63) is 54.6 Å². The van der Waals surface area contributed by atoms with E-state index >= 15 is 0 Å². The summed E-state index contributed by atoms with van der Waals surface area (Å²) in [5.41, 5.74) is 2.18. The van der Waals surface area contributed by atoms with Gasteiger partial charge in [0.15, 0.2) is 0 Å². The lowest BCUT2D eigenvalue weighted by molar-refractivity contribution is -0.117. The average Bonchev–Trinajstić information content (AvgIpc) is 2.94. The smallest absolute Gasteiger partial charge is 0.247 e. The first kappa shape index (κ1) is 13.5. The molecule has 23 heavy (non-hydrogen) atoms. The van der Waals surface area contributed by atoms with Crippen molar-refractivity contribution in [3.8, 4) is 0 Å². The molecule has 0 saturated heterocycles. The van der Waals surface area contributed by atoms with Crippen LogP contribution in [0.1, 0.15) is 11.2 Å². The number of anilines is 2. The predicted molar refractivity (Wildman–Crippen MR) is 87.5 cm³/mol. The third-order valence-corrected chi connectivity index (χ3v) is 3.85. The molecule has 1 amide bonds. The number of amides is 1. The molecule has 6 heteroatoms. The number of nitrogens with one attached hydrogen (secondary N) is 2. The Balaban J connectivity index is 1.62. The van der Waals surface area contributed by atoms with Crippen molar-refractivity contribution in [2.75, 3.05) is 10.6 Å². The normalized spacial score (nSPS) is 16.7. The van der Waals surface area contributed by atoms with Crippen molar-refractivity contribution in [2.45, 2.75) is 12.5 Å². The van der Waals surface area contributed by atoms with E-state index in [1.165, 1.54) is 4.57 Å². The second kappa shape index (κ2) is 5.24. The van der Waals surface area contributed by atoms with Crippen LogP contribution in [0.5, 0.6) is 0 Å². The molecule has 0 aliphatic carbocycles. The largest absolute Gasteiger partial charge is 0.343 e. The number of rotatable bonds is 2. The number of carbonyl (C=O) groups is 2. The molecule has 2 heterocycles. The van der Waals surface area contributed by atoms with E-state index in [1.54, 1.807) is 12.1 Å². The lowest BCUT2D eigenvalue weighted by atomic mass is 10.1. The number of hydrogen-bond acceptors (Lipinski definition) is 4. The summed E-state index contributed by atoms with van der Waals surface area (Å²) in [5.74, 6) is 0.0270. The molecule has 0 spiro atoms. The summed E-state index contributed by atoms with van der Waals surface area (Å²) < 4.78 is 1.53. The van der Waals surface area contributed by atoms with E-state index in [4.69, 9.17) is 0 Å². The molecule has 4 rings (SSSR count). The Morgan fingerprint density at radius 2 is 1.87 bits per heavy atom. The Hall–Kier alpha value is -3.15. The highest BCUT2D eigenvalue weighted by Crippen LogP contribution is 2.25. The average molecular weight is 306 g/mol. The van der Waals surface area contributed by atoms with Gasteiger partial charge < -0.3 is 10.6 Å². The van der Waals surface area contributed by atoms with Crippen LogP contribution < -0.4 is 10.6 Å². The van der Waals surface area contributed by atoms with Crippen molar-refractivity contribution in [3.63, 3.8) is 0 Å². The van der Waals surface area contributed by atoms with Gasteiger partial charge in [-0.05, 0) is 24.3 Å². The van der Waals surface area contributed by atoms with Crippen LogP contribution in [0.4, 0.5) is 11.6 Å². The van der Waals surface area contributed by atoms with E-state index in [2.05, 4.69) is 15.6 Å². The van der Waals surface area contributed by atoms with Gasteiger partial charge in [-0.2, -0.15) is 0 Å². The Morgan fingerprint density at radius 3 is 2.70 bits per heavy atom. The molecule has 0 fully saturated rings. The monoisotopic (exact) mass is 306 g/mol. The van der Waals surface area contributed by atoms with Crippen molar-refractivity contribution < 1.29 is 9.59 Å². The topological polar surface area (TPSA) is 76.0 Å². The molecular formula is C17H14N4O2. The fourth-order valence-electron chi connectivity index (χ4n) is 2.76. The van der Waals surface area contributed by atoms with Crippen LogP contribution in [-0.2, 0) is 4.79 Å². The van der Waals surface area contributed by atoms with Crippen LogP contribution >= 0.6 is 0 Å². The van der Waals surface area contributed by atoms with Crippen molar-refractivity contribution in [1.29, 1.82) is 0 Å². The first-order chi connectivity index (χ1) is 11.2. The van der Waals surface area contributed by atoms with E-state index < -0.39 is 6.04 Å². The van der Waals surface area contributed by atoms with E-state index in [0.717, 1.165) is 11.0 Å². The quantitative estimate of drug-likeness (QED) is 0.762. The Kier molecular flexibility index (Phi) is 3.08. The maximum atomic E-state index is 12.4. The van der Waals surface area contributed by atoms with Gasteiger partial charge in [0, 0.05) is 5.69 Å². The number of hydrogen-bond donors (Lipinski definition) is 2. The summed E-state index contributed by atoms with van der Waals surface area (Å²) in [6, 6.07) is 15.9. The molecule has 1 atom stereocenters. The van der Waals surface area contributed by atoms with Crippen LogP contribution in [0.2, 0.25) is 0 Å². The van der Waals surface area contributed by atoms with Crippen LogP contribution in [0.15, 0.2) is 54.6 Å². The van der Waals surface area contributed by atoms with Gasteiger partial charge in [-0.3, -0.25) is 9.59 Å². The van der Waals surface area contributed by atoms with Gasteiger partial charge in [0.2, 0.25) is 17.8 Å². The molecule has 1 aromatic heterocycles. The number of imidazole rings is 1. The third-order valence-electron chi connectivity index (χ3n) is 3.85. The third kappa shape index (κ3) is 2.34. The molecule has 0 bridgehead atoms. The van der Waals surface area contributed by atoms with Crippen molar-refractivity contribution >= 4 is 34.5 Å². The zero-order chi connectivity index (χ0) is 15.8. The maximum absolute atomic E-state index is 12.4. The summed E-state index contributed by atoms with van der Waals surface area (Å²) >= 11 is 0. The molecule has 1 aliphatic heterocycles. The van der Waals surface area contributed by atoms with Gasteiger partial charge in [0.25, 0.3) is 0 Å². The SMILES string of the molecule is O=C(Nc1ccccc1)[C@@H]1CC(=O)n2c(nc3ccccc32)N1. The number of fused-ring (bicyclic) bond motifs is 3. The first-order valence-electron chi connectivity index (χ1n) is 7.35. The fraction of sp³-hybridized carbons (Fsp3) is 0.118. The lowest BCUT2D eigenvalue weighted by Gasteiger charge is -2.23. The highest BCUT2D eigenvalue weighted by Gasteiger charge is 2.31. The zero-order valence-corrected chi connectivity index (χ0v) is 12.2. The Morgan fingerprint density at radius 1 is 1.13 bits per heavy atom. The molecule has 3 aromatic rings. The van der Waals surface area contributed by atoms with Gasteiger partial charge in [0.1, 0.15) is 6.04 Å². The highest BCUT2D eigenvalue weighted by atomic mass is 16.2. The number of aromatic nitrogens is 2. The molecular weight excluding hydrogens is 292 g/mol. The van der Waals surface area contributed by atoms with Gasteiger partial charge in [-0.25, -0.2) is 9.55 Å². The van der Waals surface area contributed by atoms with Crippen LogP contribution in [0, 0.1) is 0 Å². The summed E-state index contributed by atoms with van der Waals surface area (Å²) in [6.45, 7) is 0. The van der Waals surface area contributed by atoms with Gasteiger partial charge >= 0.3 is 0 Å². The van der Waals surface area contributed by atoms with Gasteiger partial charge in [-0.15, -0.1) is 0 Å². The van der Waals surface area contributed by atoms with E-state index in [1.807, 2.05) is 42.5 Å². The number of nitrogens with zero attached hydrogens (tertiary/aromatic N) is 2. The minimum atomic E-state index is -0.632. The molecule has 114 valence electrons. The Bertz CT molecular complexity index is 901. The van der Waals surface area contributed by atoms with Crippen LogP contribution in [0.25, 0.3) is 11.0 Å². The Labute approximate surface area is 132 Å². The molecule has 1 aliphatic rings. The van der Waals surface area contributed by atoms with E-state index in [9.17, 15) is 9.59 Å². The minimum Gasteiger partial charge on any atom is -0.343 e. The molecule has 0 radical (unpaired) electrons. The number of benzene rings is 2. The summed E-state index contributed by atoms with van der Waals surface area (Å²) in [7, 11) is 0. The van der Waals surface area contributed by atoms with Crippen molar-refractivity contribution in [2.24, 2.45) is 0 Å². The zero-order valence-electron chi connectivity index (χ0n) is 12.2.